The van der Waals surface area contributed by atoms with Crippen molar-refractivity contribution in [3.63, 3.8) is 0 Å². The number of amidine groups is 1. The van der Waals surface area contributed by atoms with Crippen LogP contribution in [0.2, 0.25) is 0 Å². The van der Waals surface area contributed by atoms with Gasteiger partial charge >= 0.3 is 0 Å². The minimum Gasteiger partial charge on any atom is -0.463 e. The predicted octanol–water partition coefficient (Wildman–Crippen LogP) is -0.942. The molecule has 0 radical (unpaired) electrons. The molecule has 1 aromatic rings. The van der Waals surface area contributed by atoms with Crippen molar-refractivity contribution in [1.29, 1.82) is 0 Å². The van der Waals surface area contributed by atoms with Crippen LogP contribution in [0.25, 0.3) is 0 Å². The molecule has 0 saturated heterocycles. The molecule has 7 N–H and O–H groups in total. The molecule has 2 rings (SSSR count). The smallest absolute Gasteiger partial charge is 0.201 e. The quantitative estimate of drug-likeness (QED) is 0.517. The summed E-state index contributed by atoms with van der Waals surface area (Å²) in [4.78, 5) is 4.26. The van der Waals surface area contributed by atoms with Crippen molar-refractivity contribution in [3.05, 3.63) is 24.3 Å². The Balaban J connectivity index is 2.19. The fraction of sp³-hybridized carbons (Fsp3) is 0.182. The standard InChI is InChI=1S/C11H14N6O2/c12-10-9(8(5-18)16-17-10)15-6-1-3-7(4-2-6)19-11(13)14/h1-4,11,18H,5,13-14H2,(H2,12,15,17). The molecule has 1 heterocycles. The second-order valence-electron chi connectivity index (χ2n) is 3.73. The number of ether oxygens (including phenoxy) is 1. The lowest BCUT2D eigenvalue weighted by atomic mass is 10.2. The van der Waals surface area contributed by atoms with Crippen LogP contribution in [0.1, 0.15) is 0 Å². The summed E-state index contributed by atoms with van der Waals surface area (Å²) in [6.45, 7) is -0.272. The highest BCUT2D eigenvalue weighted by Crippen LogP contribution is 2.19. The minimum atomic E-state index is -0.872. The maximum Gasteiger partial charge on any atom is 0.201 e. The first-order valence-corrected chi connectivity index (χ1v) is 5.48. The summed E-state index contributed by atoms with van der Waals surface area (Å²) in [5.74, 6) is 0.705. The molecule has 1 aromatic carbocycles. The van der Waals surface area contributed by atoms with E-state index < -0.39 is 6.35 Å². The first kappa shape index (κ1) is 13.1. The molecule has 1 aliphatic heterocycles. The van der Waals surface area contributed by atoms with Gasteiger partial charge in [0.1, 0.15) is 17.2 Å². The molecule has 1 aliphatic rings. The van der Waals surface area contributed by atoms with E-state index in [0.29, 0.717) is 22.9 Å². The van der Waals surface area contributed by atoms with Crippen LogP contribution in [-0.2, 0) is 0 Å². The average molecular weight is 262 g/mol. The Bertz CT molecular complexity index is 547. The SMILES string of the molecule is NC1=NN=C(CO)C1=Nc1ccc(OC(N)N)cc1. The third-order valence-electron chi connectivity index (χ3n) is 2.29. The van der Waals surface area contributed by atoms with Gasteiger partial charge in [-0.3, -0.25) is 11.5 Å². The van der Waals surface area contributed by atoms with Crippen molar-refractivity contribution in [2.45, 2.75) is 6.35 Å². The monoisotopic (exact) mass is 262 g/mol. The van der Waals surface area contributed by atoms with Crippen molar-refractivity contribution in [3.8, 4) is 5.75 Å². The molecule has 19 heavy (non-hydrogen) atoms. The Morgan fingerprint density at radius 1 is 1.21 bits per heavy atom. The number of aliphatic hydroxyl groups is 1. The number of hydrogen-bond acceptors (Lipinski definition) is 8. The molecule has 8 heteroatoms. The molecule has 0 saturated carbocycles. The van der Waals surface area contributed by atoms with E-state index in [1.165, 1.54) is 0 Å². The van der Waals surface area contributed by atoms with Crippen LogP contribution in [0.4, 0.5) is 5.69 Å². The van der Waals surface area contributed by atoms with Crippen molar-refractivity contribution in [2.24, 2.45) is 32.4 Å². The van der Waals surface area contributed by atoms with Crippen LogP contribution in [0, 0.1) is 0 Å². The second-order valence-corrected chi connectivity index (χ2v) is 3.73. The first-order valence-electron chi connectivity index (χ1n) is 5.48. The number of rotatable bonds is 4. The van der Waals surface area contributed by atoms with Gasteiger partial charge in [-0.15, -0.1) is 10.2 Å². The van der Waals surface area contributed by atoms with Gasteiger partial charge in [0.25, 0.3) is 0 Å². The molecular weight excluding hydrogens is 248 g/mol. The predicted molar refractivity (Wildman–Crippen MR) is 72.5 cm³/mol. The van der Waals surface area contributed by atoms with Gasteiger partial charge in [0.2, 0.25) is 6.35 Å². The Morgan fingerprint density at radius 2 is 1.89 bits per heavy atom. The molecule has 0 spiro atoms. The summed E-state index contributed by atoms with van der Waals surface area (Å²) in [7, 11) is 0. The van der Waals surface area contributed by atoms with Crippen LogP contribution < -0.4 is 21.9 Å². The van der Waals surface area contributed by atoms with E-state index in [0.717, 1.165) is 0 Å². The summed E-state index contributed by atoms with van der Waals surface area (Å²) in [6.07, 6.45) is -0.872. The lowest BCUT2D eigenvalue weighted by Gasteiger charge is -2.09. The number of aliphatic imine (C=N–C) groups is 1. The highest BCUT2D eigenvalue weighted by Gasteiger charge is 2.18. The van der Waals surface area contributed by atoms with Crippen molar-refractivity contribution in [1.82, 2.24) is 0 Å². The van der Waals surface area contributed by atoms with Gasteiger partial charge in [-0.25, -0.2) is 4.99 Å². The zero-order valence-corrected chi connectivity index (χ0v) is 10.0. The topological polar surface area (TPSA) is 145 Å². The van der Waals surface area contributed by atoms with Crippen molar-refractivity contribution in [2.75, 3.05) is 6.61 Å². The number of aliphatic hydroxyl groups excluding tert-OH is 1. The average Bonchev–Trinajstić information content (AvgIpc) is 2.72. The number of nitrogens with two attached hydrogens (primary N) is 3. The molecule has 100 valence electrons. The number of nitrogens with zero attached hydrogens (tertiary/aromatic N) is 3. The van der Waals surface area contributed by atoms with Gasteiger partial charge in [0, 0.05) is 0 Å². The van der Waals surface area contributed by atoms with Gasteiger partial charge in [0.05, 0.1) is 12.3 Å². The van der Waals surface area contributed by atoms with Crippen molar-refractivity contribution < 1.29 is 9.84 Å². The van der Waals surface area contributed by atoms with Crippen LogP contribution in [0.15, 0.2) is 39.5 Å². The fourth-order valence-corrected chi connectivity index (χ4v) is 1.47. The molecular formula is C11H14N6O2. The zero-order valence-electron chi connectivity index (χ0n) is 10.0. The fourth-order valence-electron chi connectivity index (χ4n) is 1.47. The number of hydrogen-bond donors (Lipinski definition) is 4. The van der Waals surface area contributed by atoms with E-state index in [1.807, 2.05) is 0 Å². The van der Waals surface area contributed by atoms with Crippen LogP contribution in [-0.4, -0.2) is 35.3 Å². The Morgan fingerprint density at radius 3 is 2.47 bits per heavy atom. The number of benzene rings is 1. The van der Waals surface area contributed by atoms with Gasteiger partial charge in [-0.1, -0.05) is 0 Å². The van der Waals surface area contributed by atoms with Crippen LogP contribution >= 0.6 is 0 Å². The van der Waals surface area contributed by atoms with Gasteiger partial charge in [-0.2, -0.15) is 0 Å². The van der Waals surface area contributed by atoms with Gasteiger partial charge < -0.3 is 15.6 Å². The summed E-state index contributed by atoms with van der Waals surface area (Å²) < 4.78 is 5.10. The highest BCUT2D eigenvalue weighted by molar-refractivity contribution is 6.70. The zero-order chi connectivity index (χ0) is 13.8. The molecule has 0 amide bonds. The lowest BCUT2D eigenvalue weighted by molar-refractivity contribution is 0.217. The third kappa shape index (κ3) is 3.13. The molecule has 0 unspecified atom stereocenters. The maximum atomic E-state index is 9.09. The van der Waals surface area contributed by atoms with Gasteiger partial charge in [-0.05, 0) is 24.3 Å². The van der Waals surface area contributed by atoms with Crippen LogP contribution in [0.5, 0.6) is 5.75 Å². The Labute approximate surface area is 109 Å². The molecule has 0 atom stereocenters. The maximum absolute atomic E-state index is 9.09. The van der Waals surface area contributed by atoms with E-state index in [2.05, 4.69) is 15.2 Å². The summed E-state index contributed by atoms with van der Waals surface area (Å²) in [5.41, 5.74) is 17.5. The first-order chi connectivity index (χ1) is 9.10. The minimum absolute atomic E-state index is 0.174. The second kappa shape index (κ2) is 5.57. The molecule has 0 aromatic heterocycles. The van der Waals surface area contributed by atoms with E-state index in [9.17, 15) is 0 Å². The summed E-state index contributed by atoms with van der Waals surface area (Å²) in [5, 5.41) is 16.5. The lowest BCUT2D eigenvalue weighted by Crippen LogP contribution is -2.36. The van der Waals surface area contributed by atoms with E-state index in [-0.39, 0.29) is 12.4 Å². The van der Waals surface area contributed by atoms with Crippen molar-refractivity contribution >= 4 is 22.9 Å². The third-order valence-corrected chi connectivity index (χ3v) is 2.29. The van der Waals surface area contributed by atoms with Crippen LogP contribution in [0.3, 0.4) is 0 Å². The highest BCUT2D eigenvalue weighted by atomic mass is 16.5. The summed E-state index contributed by atoms with van der Waals surface area (Å²) >= 11 is 0. The van der Waals surface area contributed by atoms with E-state index in [4.69, 9.17) is 27.0 Å². The molecule has 8 nitrogen and oxygen atoms in total. The Kier molecular flexibility index (Phi) is 3.85. The largest absolute Gasteiger partial charge is 0.463 e. The summed E-state index contributed by atoms with van der Waals surface area (Å²) in [6, 6.07) is 6.74. The molecule has 0 bridgehead atoms. The van der Waals surface area contributed by atoms with E-state index >= 15 is 0 Å². The van der Waals surface area contributed by atoms with Gasteiger partial charge in [0.15, 0.2) is 5.84 Å². The molecule has 0 fully saturated rings. The van der Waals surface area contributed by atoms with E-state index in [1.54, 1.807) is 24.3 Å². The Hall–Kier alpha value is -2.29. The normalized spacial score (nSPS) is 16.7. The molecule has 0 aliphatic carbocycles.